The molecule has 1 aromatic carbocycles. The first-order valence-corrected chi connectivity index (χ1v) is 9.64. The highest BCUT2D eigenvalue weighted by Gasteiger charge is 2.33. The third-order valence-corrected chi connectivity index (χ3v) is 7.47. The minimum atomic E-state index is -3.83. The molecule has 0 aliphatic carbocycles. The Hall–Kier alpha value is -2.06. The first-order valence-electron chi connectivity index (χ1n) is 7.38. The molecular weight excluding hydrogens is 350 g/mol. The van der Waals surface area contributed by atoms with E-state index in [2.05, 4.69) is 0 Å². The first-order chi connectivity index (χ1) is 11.4. The molecule has 24 heavy (non-hydrogen) atoms. The normalized spacial score (nSPS) is 14.3. The predicted octanol–water partition coefficient (Wildman–Crippen LogP) is 2.90. The molecule has 2 heterocycles. The molecule has 0 atom stereocenters. The van der Waals surface area contributed by atoms with Crippen molar-refractivity contribution >= 4 is 33.0 Å². The average Bonchev–Trinajstić information content (AvgIpc) is 2.96. The van der Waals surface area contributed by atoms with E-state index in [9.17, 15) is 18.3 Å². The van der Waals surface area contributed by atoms with Gasteiger partial charge in [0.1, 0.15) is 14.8 Å². The Kier molecular flexibility index (Phi) is 4.27. The SMILES string of the molecule is COc1cccc2c1N(S(=O)(=O)c1cc(C)c(C(=O)O)s1)CCC2. The van der Waals surface area contributed by atoms with Gasteiger partial charge in [0.25, 0.3) is 10.0 Å². The minimum absolute atomic E-state index is 0.0381. The number of fused-ring (bicyclic) bond motifs is 1. The van der Waals surface area contributed by atoms with Crippen molar-refractivity contribution in [2.75, 3.05) is 18.0 Å². The molecule has 0 saturated heterocycles. The lowest BCUT2D eigenvalue weighted by Crippen LogP contribution is -2.35. The van der Waals surface area contributed by atoms with Crippen LogP contribution in [0.3, 0.4) is 0 Å². The van der Waals surface area contributed by atoms with Gasteiger partial charge in [0, 0.05) is 6.54 Å². The molecular formula is C16H17NO5S2. The number of rotatable bonds is 4. The number of anilines is 1. The Morgan fingerprint density at radius 2 is 2.12 bits per heavy atom. The second-order valence-corrected chi connectivity index (χ2v) is 8.67. The van der Waals surface area contributed by atoms with Crippen LogP contribution in [0.25, 0.3) is 0 Å². The lowest BCUT2D eigenvalue weighted by molar-refractivity contribution is 0.0701. The molecule has 0 unspecified atom stereocenters. The van der Waals surface area contributed by atoms with Crippen LogP contribution in [-0.4, -0.2) is 33.1 Å². The van der Waals surface area contributed by atoms with Crippen LogP contribution >= 0.6 is 11.3 Å². The van der Waals surface area contributed by atoms with Crippen LogP contribution in [0.1, 0.15) is 27.2 Å². The maximum Gasteiger partial charge on any atom is 0.346 e. The third-order valence-electron chi connectivity index (χ3n) is 3.99. The summed E-state index contributed by atoms with van der Waals surface area (Å²) in [6.45, 7) is 1.94. The zero-order valence-electron chi connectivity index (χ0n) is 13.3. The van der Waals surface area contributed by atoms with Gasteiger partial charge in [0.2, 0.25) is 0 Å². The van der Waals surface area contributed by atoms with E-state index in [0.29, 0.717) is 30.0 Å². The fourth-order valence-electron chi connectivity index (χ4n) is 2.88. The molecule has 0 radical (unpaired) electrons. The van der Waals surface area contributed by atoms with Crippen molar-refractivity contribution < 1.29 is 23.1 Å². The van der Waals surface area contributed by atoms with Crippen molar-refractivity contribution in [1.29, 1.82) is 0 Å². The third kappa shape index (κ3) is 2.65. The first kappa shape index (κ1) is 16.8. The van der Waals surface area contributed by atoms with E-state index in [0.717, 1.165) is 23.3 Å². The number of benzene rings is 1. The number of sulfonamides is 1. The summed E-state index contributed by atoms with van der Waals surface area (Å²) in [6.07, 6.45) is 1.48. The number of methoxy groups -OCH3 is 1. The van der Waals surface area contributed by atoms with E-state index in [1.165, 1.54) is 17.5 Å². The molecule has 0 saturated carbocycles. The van der Waals surface area contributed by atoms with E-state index in [1.807, 2.05) is 12.1 Å². The highest BCUT2D eigenvalue weighted by atomic mass is 32.2. The number of carbonyl (C=O) groups is 1. The van der Waals surface area contributed by atoms with Crippen LogP contribution in [0.5, 0.6) is 5.75 Å². The number of ether oxygens (including phenoxy) is 1. The zero-order valence-corrected chi connectivity index (χ0v) is 14.9. The van der Waals surface area contributed by atoms with Crippen LogP contribution in [-0.2, 0) is 16.4 Å². The highest BCUT2D eigenvalue weighted by Crippen LogP contribution is 2.40. The molecule has 0 fully saturated rings. The Morgan fingerprint density at radius 3 is 2.75 bits per heavy atom. The summed E-state index contributed by atoms with van der Waals surface area (Å²) in [7, 11) is -2.33. The number of para-hydroxylation sites is 1. The topological polar surface area (TPSA) is 83.9 Å². The number of aromatic carboxylic acids is 1. The summed E-state index contributed by atoms with van der Waals surface area (Å²) in [5, 5.41) is 9.18. The van der Waals surface area contributed by atoms with Gasteiger partial charge in [-0.05, 0) is 43.0 Å². The van der Waals surface area contributed by atoms with Gasteiger partial charge in [-0.3, -0.25) is 4.31 Å². The van der Waals surface area contributed by atoms with E-state index >= 15 is 0 Å². The van der Waals surface area contributed by atoms with Crippen LogP contribution in [0.4, 0.5) is 5.69 Å². The number of thiophene rings is 1. The average molecular weight is 367 g/mol. The van der Waals surface area contributed by atoms with Crippen LogP contribution in [0, 0.1) is 6.92 Å². The fraction of sp³-hybridized carbons (Fsp3) is 0.312. The van der Waals surface area contributed by atoms with Crippen molar-refractivity contribution in [2.45, 2.75) is 24.0 Å². The van der Waals surface area contributed by atoms with Gasteiger partial charge in [-0.15, -0.1) is 11.3 Å². The number of carboxylic acids is 1. The van der Waals surface area contributed by atoms with Crippen molar-refractivity contribution in [1.82, 2.24) is 0 Å². The molecule has 1 aliphatic heterocycles. The zero-order chi connectivity index (χ0) is 17.5. The molecule has 0 amide bonds. The van der Waals surface area contributed by atoms with Gasteiger partial charge in [0.05, 0.1) is 12.8 Å². The van der Waals surface area contributed by atoms with Gasteiger partial charge < -0.3 is 9.84 Å². The van der Waals surface area contributed by atoms with Gasteiger partial charge in [-0.25, -0.2) is 13.2 Å². The monoisotopic (exact) mass is 367 g/mol. The Bertz CT molecular complexity index is 887. The van der Waals surface area contributed by atoms with E-state index in [-0.39, 0.29) is 9.09 Å². The lowest BCUT2D eigenvalue weighted by Gasteiger charge is -2.31. The maximum absolute atomic E-state index is 13.1. The lowest BCUT2D eigenvalue weighted by atomic mass is 10.0. The summed E-state index contributed by atoms with van der Waals surface area (Å²) in [5.74, 6) is -0.613. The second-order valence-electron chi connectivity index (χ2n) is 5.53. The molecule has 3 rings (SSSR count). The summed E-state index contributed by atoms with van der Waals surface area (Å²) in [5.41, 5.74) is 1.91. The van der Waals surface area contributed by atoms with Gasteiger partial charge in [-0.1, -0.05) is 12.1 Å². The highest BCUT2D eigenvalue weighted by molar-refractivity contribution is 7.94. The van der Waals surface area contributed by atoms with Crippen molar-refractivity contribution in [3.8, 4) is 5.75 Å². The number of hydrogen-bond acceptors (Lipinski definition) is 5. The number of hydrogen-bond donors (Lipinski definition) is 1. The Labute approximate surface area is 144 Å². The largest absolute Gasteiger partial charge is 0.495 e. The summed E-state index contributed by atoms with van der Waals surface area (Å²) in [6, 6.07) is 6.88. The van der Waals surface area contributed by atoms with E-state index in [1.54, 1.807) is 13.0 Å². The molecule has 8 heteroatoms. The molecule has 2 aromatic rings. The van der Waals surface area contributed by atoms with Crippen molar-refractivity contribution in [3.63, 3.8) is 0 Å². The summed E-state index contributed by atoms with van der Waals surface area (Å²) < 4.78 is 32.9. The Balaban J connectivity index is 2.13. The summed E-state index contributed by atoms with van der Waals surface area (Å²) >= 11 is 0.786. The molecule has 0 spiro atoms. The number of nitrogens with zero attached hydrogens (tertiary/aromatic N) is 1. The van der Waals surface area contributed by atoms with Crippen molar-refractivity contribution in [2.24, 2.45) is 0 Å². The van der Waals surface area contributed by atoms with Crippen LogP contribution in [0.2, 0.25) is 0 Å². The predicted molar refractivity (Wildman–Crippen MR) is 91.9 cm³/mol. The van der Waals surface area contributed by atoms with E-state index in [4.69, 9.17) is 4.74 Å². The second kappa shape index (κ2) is 6.10. The number of carboxylic acid groups (broad SMARTS) is 1. The number of aryl methyl sites for hydroxylation is 2. The molecule has 1 aliphatic rings. The van der Waals surface area contributed by atoms with Gasteiger partial charge in [-0.2, -0.15) is 0 Å². The standard InChI is InChI=1S/C16H17NO5S2/c1-10-9-13(23-15(10)16(18)19)24(20,21)17-8-4-6-11-5-3-7-12(22-2)14(11)17/h3,5,7,9H,4,6,8H2,1-2H3,(H,18,19). The minimum Gasteiger partial charge on any atom is -0.495 e. The molecule has 6 nitrogen and oxygen atoms in total. The maximum atomic E-state index is 13.1. The quantitative estimate of drug-likeness (QED) is 0.898. The van der Waals surface area contributed by atoms with Crippen LogP contribution in [0.15, 0.2) is 28.5 Å². The molecule has 128 valence electrons. The molecule has 1 N–H and O–H groups in total. The Morgan fingerprint density at radius 1 is 1.38 bits per heavy atom. The fourth-order valence-corrected chi connectivity index (χ4v) is 5.93. The van der Waals surface area contributed by atoms with E-state index < -0.39 is 16.0 Å². The van der Waals surface area contributed by atoms with Crippen LogP contribution < -0.4 is 9.04 Å². The molecule has 1 aromatic heterocycles. The van der Waals surface area contributed by atoms with Gasteiger partial charge in [0.15, 0.2) is 0 Å². The van der Waals surface area contributed by atoms with Crippen molar-refractivity contribution in [3.05, 3.63) is 40.3 Å². The molecule has 0 bridgehead atoms. The summed E-state index contributed by atoms with van der Waals surface area (Å²) in [4.78, 5) is 11.3. The van der Waals surface area contributed by atoms with Gasteiger partial charge >= 0.3 is 5.97 Å². The smallest absolute Gasteiger partial charge is 0.346 e.